The second kappa shape index (κ2) is 8.30. The molecule has 8 heteroatoms. The number of fused-ring (bicyclic) bond motifs is 1. The number of hydrogen-bond donors (Lipinski definition) is 1. The highest BCUT2D eigenvalue weighted by Gasteiger charge is 2.30. The van der Waals surface area contributed by atoms with Gasteiger partial charge in [-0.3, -0.25) is 14.4 Å². The largest absolute Gasteiger partial charge is 0.494 e. The standard InChI is InChI=1S/C21H22FN3O4/c1-13-10-19(26)23-16-6-4-5-7-17(16)25(13)20(27)12-24(2)21(28)14-8-9-18(29-3)15(22)11-14/h4-9,11,13H,10,12H2,1-3H3,(H,23,26). The molecule has 0 saturated heterocycles. The van der Waals surface area contributed by atoms with Crippen LogP contribution in [0, 0.1) is 5.82 Å². The molecule has 152 valence electrons. The van der Waals surface area contributed by atoms with Gasteiger partial charge in [0.05, 0.1) is 18.5 Å². The first kappa shape index (κ1) is 20.3. The fourth-order valence-corrected chi connectivity index (χ4v) is 3.34. The highest BCUT2D eigenvalue weighted by molar-refractivity contribution is 6.06. The van der Waals surface area contributed by atoms with E-state index < -0.39 is 11.7 Å². The predicted molar refractivity (Wildman–Crippen MR) is 107 cm³/mol. The van der Waals surface area contributed by atoms with E-state index in [2.05, 4.69) is 5.32 Å². The molecule has 1 aliphatic heterocycles. The molecule has 0 saturated carbocycles. The topological polar surface area (TPSA) is 79.0 Å². The van der Waals surface area contributed by atoms with Gasteiger partial charge in [-0.25, -0.2) is 4.39 Å². The summed E-state index contributed by atoms with van der Waals surface area (Å²) in [4.78, 5) is 40.5. The van der Waals surface area contributed by atoms with E-state index in [4.69, 9.17) is 4.74 Å². The van der Waals surface area contributed by atoms with Gasteiger partial charge in [0.25, 0.3) is 5.91 Å². The van der Waals surface area contributed by atoms with Crippen LogP contribution in [0.25, 0.3) is 0 Å². The molecular weight excluding hydrogens is 377 g/mol. The third kappa shape index (κ3) is 4.21. The first-order valence-electron chi connectivity index (χ1n) is 9.11. The number of halogens is 1. The zero-order valence-corrected chi connectivity index (χ0v) is 16.4. The van der Waals surface area contributed by atoms with E-state index in [1.165, 1.54) is 36.1 Å². The van der Waals surface area contributed by atoms with Gasteiger partial charge >= 0.3 is 0 Å². The van der Waals surface area contributed by atoms with Crippen molar-refractivity contribution in [1.82, 2.24) is 4.90 Å². The summed E-state index contributed by atoms with van der Waals surface area (Å²) < 4.78 is 18.8. The lowest BCUT2D eigenvalue weighted by atomic mass is 10.1. The van der Waals surface area contributed by atoms with E-state index in [-0.39, 0.29) is 42.1 Å². The predicted octanol–water partition coefficient (Wildman–Crippen LogP) is 2.67. The van der Waals surface area contributed by atoms with Crippen LogP contribution in [-0.4, -0.2) is 49.4 Å². The van der Waals surface area contributed by atoms with Gasteiger partial charge in [0.15, 0.2) is 11.6 Å². The van der Waals surface area contributed by atoms with E-state index in [0.717, 1.165) is 6.07 Å². The molecule has 7 nitrogen and oxygen atoms in total. The monoisotopic (exact) mass is 399 g/mol. The number of benzene rings is 2. The van der Waals surface area contributed by atoms with Crippen molar-refractivity contribution in [1.29, 1.82) is 0 Å². The third-order valence-corrected chi connectivity index (χ3v) is 4.75. The Balaban J connectivity index is 1.81. The van der Waals surface area contributed by atoms with Gasteiger partial charge in [0.2, 0.25) is 11.8 Å². The van der Waals surface area contributed by atoms with Crippen molar-refractivity contribution in [2.45, 2.75) is 19.4 Å². The van der Waals surface area contributed by atoms with Crippen LogP contribution in [0.4, 0.5) is 15.8 Å². The SMILES string of the molecule is COc1ccc(C(=O)N(C)CC(=O)N2c3ccccc3NC(=O)CC2C)cc1F. The Hall–Kier alpha value is -3.42. The minimum atomic E-state index is -0.655. The van der Waals surface area contributed by atoms with Gasteiger partial charge in [-0.2, -0.15) is 0 Å². The van der Waals surface area contributed by atoms with Crippen molar-refractivity contribution in [3.63, 3.8) is 0 Å². The molecular formula is C21H22FN3O4. The van der Waals surface area contributed by atoms with Gasteiger partial charge in [0.1, 0.15) is 6.54 Å². The lowest BCUT2D eigenvalue weighted by Gasteiger charge is -2.29. The van der Waals surface area contributed by atoms with E-state index >= 15 is 0 Å². The molecule has 0 spiro atoms. The molecule has 0 aliphatic carbocycles. The number of para-hydroxylation sites is 2. The maximum absolute atomic E-state index is 13.9. The number of hydrogen-bond acceptors (Lipinski definition) is 4. The normalized spacial score (nSPS) is 15.8. The molecule has 0 bridgehead atoms. The van der Waals surface area contributed by atoms with Gasteiger partial charge in [-0.1, -0.05) is 12.1 Å². The average molecular weight is 399 g/mol. The molecule has 3 rings (SSSR count). The fourth-order valence-electron chi connectivity index (χ4n) is 3.34. The summed E-state index contributed by atoms with van der Waals surface area (Å²) in [5, 5.41) is 2.79. The number of amides is 3. The molecule has 0 fully saturated rings. The number of nitrogens with zero attached hydrogens (tertiary/aromatic N) is 2. The summed E-state index contributed by atoms with van der Waals surface area (Å²) in [5.41, 5.74) is 1.23. The molecule has 0 aromatic heterocycles. The Bertz CT molecular complexity index is 963. The Morgan fingerprint density at radius 3 is 2.69 bits per heavy atom. The quantitative estimate of drug-likeness (QED) is 0.857. The number of nitrogens with one attached hydrogen (secondary N) is 1. The van der Waals surface area contributed by atoms with E-state index in [1.54, 1.807) is 31.2 Å². The molecule has 2 aromatic carbocycles. The molecule has 1 atom stereocenters. The smallest absolute Gasteiger partial charge is 0.254 e. The number of carbonyl (C=O) groups is 3. The zero-order valence-electron chi connectivity index (χ0n) is 16.4. The Kier molecular flexibility index (Phi) is 5.81. The van der Waals surface area contributed by atoms with Crippen LogP contribution in [0.1, 0.15) is 23.7 Å². The lowest BCUT2D eigenvalue weighted by Crippen LogP contribution is -2.45. The minimum absolute atomic E-state index is 0.0347. The zero-order chi connectivity index (χ0) is 21.1. The van der Waals surface area contributed by atoms with E-state index in [0.29, 0.717) is 11.4 Å². The number of carbonyl (C=O) groups excluding carboxylic acids is 3. The molecule has 0 radical (unpaired) electrons. The molecule has 3 amide bonds. The summed E-state index contributed by atoms with van der Waals surface area (Å²) in [6.45, 7) is 1.56. The fraction of sp³-hybridized carbons (Fsp3) is 0.286. The number of likely N-dealkylation sites (N-methyl/N-ethyl adjacent to an activating group) is 1. The van der Waals surface area contributed by atoms with E-state index in [1.807, 2.05) is 0 Å². The van der Waals surface area contributed by atoms with Gasteiger partial charge < -0.3 is 19.9 Å². The van der Waals surface area contributed by atoms with Crippen molar-refractivity contribution in [3.05, 3.63) is 53.8 Å². The molecule has 2 aromatic rings. The first-order chi connectivity index (χ1) is 13.8. The van der Waals surface area contributed by atoms with Crippen LogP contribution in [0.15, 0.2) is 42.5 Å². The third-order valence-electron chi connectivity index (χ3n) is 4.75. The molecule has 1 N–H and O–H groups in total. The highest BCUT2D eigenvalue weighted by atomic mass is 19.1. The Morgan fingerprint density at radius 1 is 1.28 bits per heavy atom. The van der Waals surface area contributed by atoms with Crippen molar-refractivity contribution < 1.29 is 23.5 Å². The van der Waals surface area contributed by atoms with Gasteiger partial charge in [0, 0.05) is 25.1 Å². The summed E-state index contributed by atoms with van der Waals surface area (Å²) >= 11 is 0. The molecule has 1 heterocycles. The number of anilines is 2. The Labute approximate surface area is 168 Å². The minimum Gasteiger partial charge on any atom is -0.494 e. The summed E-state index contributed by atoms with van der Waals surface area (Å²) in [5.74, 6) is -1.64. The number of methoxy groups -OCH3 is 1. The van der Waals surface area contributed by atoms with Crippen LogP contribution in [0.3, 0.4) is 0 Å². The van der Waals surface area contributed by atoms with Crippen molar-refractivity contribution >= 4 is 29.1 Å². The molecule has 1 unspecified atom stereocenters. The second-order valence-electron chi connectivity index (χ2n) is 6.89. The molecule has 1 aliphatic rings. The number of rotatable bonds is 4. The maximum atomic E-state index is 13.9. The van der Waals surface area contributed by atoms with Crippen LogP contribution in [0.5, 0.6) is 5.75 Å². The summed E-state index contributed by atoms with van der Waals surface area (Å²) in [6.07, 6.45) is 0.141. The highest BCUT2D eigenvalue weighted by Crippen LogP contribution is 2.31. The number of ether oxygens (including phenoxy) is 1. The van der Waals surface area contributed by atoms with Crippen molar-refractivity contribution in [3.8, 4) is 5.75 Å². The van der Waals surface area contributed by atoms with Crippen molar-refractivity contribution in [2.24, 2.45) is 0 Å². The Morgan fingerprint density at radius 2 is 2.00 bits per heavy atom. The first-order valence-corrected chi connectivity index (χ1v) is 9.11. The summed E-state index contributed by atoms with van der Waals surface area (Å²) in [6, 6.07) is 10.5. The van der Waals surface area contributed by atoms with Crippen LogP contribution >= 0.6 is 0 Å². The van der Waals surface area contributed by atoms with E-state index in [9.17, 15) is 18.8 Å². The van der Waals surface area contributed by atoms with Gasteiger partial charge in [-0.15, -0.1) is 0 Å². The van der Waals surface area contributed by atoms with Crippen LogP contribution < -0.4 is 15.0 Å². The lowest BCUT2D eigenvalue weighted by molar-refractivity contribution is -0.119. The maximum Gasteiger partial charge on any atom is 0.254 e. The van der Waals surface area contributed by atoms with Crippen LogP contribution in [0.2, 0.25) is 0 Å². The second-order valence-corrected chi connectivity index (χ2v) is 6.89. The summed E-state index contributed by atoms with van der Waals surface area (Å²) in [7, 11) is 2.81. The van der Waals surface area contributed by atoms with Gasteiger partial charge in [-0.05, 0) is 37.3 Å². The van der Waals surface area contributed by atoms with Crippen LogP contribution in [-0.2, 0) is 9.59 Å². The molecule has 29 heavy (non-hydrogen) atoms. The van der Waals surface area contributed by atoms with Crippen molar-refractivity contribution in [2.75, 3.05) is 30.9 Å². The average Bonchev–Trinajstić information content (AvgIpc) is 2.81.